The van der Waals surface area contributed by atoms with Crippen LogP contribution in [0.25, 0.3) is 0 Å². The number of hydrogen-bond donors (Lipinski definition) is 1. The lowest BCUT2D eigenvalue weighted by atomic mass is 10.2. The normalized spacial score (nSPS) is 14.8. The molecule has 2 heterocycles. The maximum atomic E-state index is 12.1. The lowest BCUT2D eigenvalue weighted by Gasteiger charge is -2.36. The summed E-state index contributed by atoms with van der Waals surface area (Å²) in [5.74, 6) is 0.0322. The van der Waals surface area contributed by atoms with E-state index in [9.17, 15) is 4.79 Å². The number of hydrogen-bond acceptors (Lipinski definition) is 4. The van der Waals surface area contributed by atoms with Crippen LogP contribution in [0, 0.1) is 0 Å². The zero-order valence-corrected chi connectivity index (χ0v) is 16.7. The Balaban J connectivity index is 1.27. The number of amides is 1. The van der Waals surface area contributed by atoms with Gasteiger partial charge in [0.15, 0.2) is 0 Å². The predicted octanol–water partition coefficient (Wildman–Crippen LogP) is 4.25. The van der Waals surface area contributed by atoms with Crippen LogP contribution in [0.3, 0.4) is 0 Å². The minimum Gasteiger partial charge on any atom is -0.369 e. The third kappa shape index (κ3) is 5.00. The molecule has 0 aliphatic carbocycles. The second-order valence-electron chi connectivity index (χ2n) is 7.10. The van der Waals surface area contributed by atoms with Crippen LogP contribution in [0.5, 0.6) is 0 Å². The maximum Gasteiger partial charge on any atom is 0.229 e. The van der Waals surface area contributed by atoms with E-state index in [4.69, 9.17) is 0 Å². The number of anilines is 2. The number of carbonyl (C=O) groups excluding carboxylic acids is 1. The average Bonchev–Trinajstić information content (AvgIpc) is 3.23. The number of rotatable bonds is 6. The van der Waals surface area contributed by atoms with Crippen LogP contribution in [0.4, 0.5) is 11.4 Å². The molecule has 0 spiro atoms. The molecule has 1 aromatic heterocycles. The van der Waals surface area contributed by atoms with Gasteiger partial charge < -0.3 is 10.2 Å². The van der Waals surface area contributed by atoms with Gasteiger partial charge in [-0.25, -0.2) is 0 Å². The largest absolute Gasteiger partial charge is 0.369 e. The third-order valence-corrected chi connectivity index (χ3v) is 5.93. The molecule has 0 saturated carbocycles. The van der Waals surface area contributed by atoms with Crippen molar-refractivity contribution in [3.8, 4) is 0 Å². The van der Waals surface area contributed by atoms with Gasteiger partial charge >= 0.3 is 0 Å². The number of benzene rings is 2. The zero-order valence-electron chi connectivity index (χ0n) is 15.9. The highest BCUT2D eigenvalue weighted by atomic mass is 32.1. The maximum absolute atomic E-state index is 12.1. The highest BCUT2D eigenvalue weighted by Crippen LogP contribution is 2.20. The first-order chi connectivity index (χ1) is 13.8. The van der Waals surface area contributed by atoms with Gasteiger partial charge in [0.2, 0.25) is 5.91 Å². The molecule has 1 N–H and O–H groups in total. The minimum atomic E-state index is 0.0322. The first-order valence-electron chi connectivity index (χ1n) is 9.70. The number of carbonyl (C=O) groups is 1. The van der Waals surface area contributed by atoms with E-state index in [1.807, 2.05) is 29.6 Å². The highest BCUT2D eigenvalue weighted by Gasteiger charge is 2.17. The Kier molecular flexibility index (Phi) is 6.04. The van der Waals surface area contributed by atoms with Crippen molar-refractivity contribution >= 4 is 28.6 Å². The summed E-state index contributed by atoms with van der Waals surface area (Å²) in [5, 5.41) is 4.98. The summed E-state index contributed by atoms with van der Waals surface area (Å²) in [6.45, 7) is 5.19. The van der Waals surface area contributed by atoms with E-state index in [0.717, 1.165) is 43.3 Å². The van der Waals surface area contributed by atoms with E-state index < -0.39 is 0 Å². The van der Waals surface area contributed by atoms with Crippen LogP contribution < -0.4 is 10.2 Å². The quantitative estimate of drug-likeness (QED) is 0.682. The van der Waals surface area contributed by atoms with E-state index in [2.05, 4.69) is 57.6 Å². The first kappa shape index (κ1) is 18.7. The van der Waals surface area contributed by atoms with Gasteiger partial charge in [-0.1, -0.05) is 36.4 Å². The predicted molar refractivity (Wildman–Crippen MR) is 117 cm³/mol. The zero-order chi connectivity index (χ0) is 19.2. The molecule has 4 rings (SSSR count). The van der Waals surface area contributed by atoms with Crippen LogP contribution in [0.1, 0.15) is 10.4 Å². The second-order valence-corrected chi connectivity index (χ2v) is 8.13. The minimum absolute atomic E-state index is 0.0322. The summed E-state index contributed by atoms with van der Waals surface area (Å²) in [6, 6.07) is 22.8. The SMILES string of the molecule is O=C(Cc1cccs1)Nc1ccc(N2CCN(Cc3ccccc3)CC2)cc1. The number of thiophene rings is 1. The van der Waals surface area contributed by atoms with Gasteiger partial charge in [-0.15, -0.1) is 11.3 Å². The highest BCUT2D eigenvalue weighted by molar-refractivity contribution is 7.10. The Labute approximate surface area is 170 Å². The number of piperazine rings is 1. The fraction of sp³-hybridized carbons (Fsp3) is 0.261. The van der Waals surface area contributed by atoms with E-state index in [0.29, 0.717) is 6.42 Å². The molecule has 1 aliphatic heterocycles. The first-order valence-corrected chi connectivity index (χ1v) is 10.6. The van der Waals surface area contributed by atoms with Crippen molar-refractivity contribution in [3.63, 3.8) is 0 Å². The Bertz CT molecular complexity index is 870. The number of nitrogens with one attached hydrogen (secondary N) is 1. The van der Waals surface area contributed by atoms with Crippen molar-refractivity contribution in [1.29, 1.82) is 0 Å². The molecular weight excluding hydrogens is 366 g/mol. The standard InChI is InChI=1S/C23H25N3OS/c27-23(17-22-7-4-16-28-22)24-20-8-10-21(11-9-20)26-14-12-25(13-15-26)18-19-5-2-1-3-6-19/h1-11,16H,12-15,17-18H2,(H,24,27). The smallest absolute Gasteiger partial charge is 0.229 e. The molecule has 1 fully saturated rings. The Morgan fingerprint density at radius 1 is 0.893 bits per heavy atom. The Morgan fingerprint density at radius 2 is 1.64 bits per heavy atom. The summed E-state index contributed by atoms with van der Waals surface area (Å²) in [7, 11) is 0. The summed E-state index contributed by atoms with van der Waals surface area (Å²) >= 11 is 1.61. The molecule has 1 amide bonds. The van der Waals surface area contributed by atoms with Crippen molar-refractivity contribution in [1.82, 2.24) is 4.90 Å². The van der Waals surface area contributed by atoms with Crippen LogP contribution in [-0.4, -0.2) is 37.0 Å². The summed E-state index contributed by atoms with van der Waals surface area (Å²) in [5.41, 5.74) is 3.45. The molecule has 0 bridgehead atoms. The molecule has 144 valence electrons. The van der Waals surface area contributed by atoms with Gasteiger partial charge in [-0.3, -0.25) is 9.69 Å². The third-order valence-electron chi connectivity index (χ3n) is 5.05. The van der Waals surface area contributed by atoms with Crippen molar-refractivity contribution in [3.05, 3.63) is 82.6 Å². The van der Waals surface area contributed by atoms with Gasteiger partial charge in [0.05, 0.1) is 6.42 Å². The molecule has 3 aromatic rings. The molecule has 0 atom stereocenters. The monoisotopic (exact) mass is 391 g/mol. The molecule has 4 nitrogen and oxygen atoms in total. The van der Waals surface area contributed by atoms with Crippen molar-refractivity contribution in [2.24, 2.45) is 0 Å². The van der Waals surface area contributed by atoms with Crippen molar-refractivity contribution in [2.45, 2.75) is 13.0 Å². The van der Waals surface area contributed by atoms with Crippen LogP contribution in [-0.2, 0) is 17.8 Å². The van der Waals surface area contributed by atoms with Gasteiger partial charge in [0.25, 0.3) is 0 Å². The molecule has 2 aromatic carbocycles. The molecule has 1 saturated heterocycles. The van der Waals surface area contributed by atoms with E-state index >= 15 is 0 Å². The van der Waals surface area contributed by atoms with Crippen molar-refractivity contribution < 1.29 is 4.79 Å². The molecule has 1 aliphatic rings. The van der Waals surface area contributed by atoms with Gasteiger partial charge in [0, 0.05) is 49.0 Å². The summed E-state index contributed by atoms with van der Waals surface area (Å²) < 4.78 is 0. The van der Waals surface area contributed by atoms with Gasteiger partial charge in [-0.2, -0.15) is 0 Å². The average molecular weight is 392 g/mol. The van der Waals surface area contributed by atoms with Crippen LogP contribution >= 0.6 is 11.3 Å². The van der Waals surface area contributed by atoms with E-state index in [1.165, 1.54) is 11.3 Å². The van der Waals surface area contributed by atoms with Crippen LogP contribution in [0.15, 0.2) is 72.1 Å². The Hall–Kier alpha value is -2.63. The fourth-order valence-electron chi connectivity index (χ4n) is 3.54. The van der Waals surface area contributed by atoms with Crippen LogP contribution in [0.2, 0.25) is 0 Å². The number of nitrogens with zero attached hydrogens (tertiary/aromatic N) is 2. The molecule has 0 unspecified atom stereocenters. The fourth-order valence-corrected chi connectivity index (χ4v) is 4.24. The van der Waals surface area contributed by atoms with Gasteiger partial charge in [0.1, 0.15) is 0 Å². The van der Waals surface area contributed by atoms with E-state index in [-0.39, 0.29) is 5.91 Å². The molecule has 5 heteroatoms. The molecule has 28 heavy (non-hydrogen) atoms. The summed E-state index contributed by atoms with van der Waals surface area (Å²) in [4.78, 5) is 18.1. The topological polar surface area (TPSA) is 35.6 Å². The lowest BCUT2D eigenvalue weighted by molar-refractivity contribution is -0.115. The summed E-state index contributed by atoms with van der Waals surface area (Å²) in [6.07, 6.45) is 0.433. The van der Waals surface area contributed by atoms with E-state index in [1.54, 1.807) is 11.3 Å². The second kappa shape index (κ2) is 9.04. The molecular formula is C23H25N3OS. The Morgan fingerprint density at radius 3 is 2.32 bits per heavy atom. The lowest BCUT2D eigenvalue weighted by Crippen LogP contribution is -2.45. The van der Waals surface area contributed by atoms with Crippen molar-refractivity contribution in [2.75, 3.05) is 36.4 Å². The van der Waals surface area contributed by atoms with Gasteiger partial charge in [-0.05, 0) is 41.3 Å². The molecule has 0 radical (unpaired) electrons.